The van der Waals surface area contributed by atoms with Gasteiger partial charge in [-0.25, -0.2) is 0 Å². The maximum absolute atomic E-state index is 11.9. The van der Waals surface area contributed by atoms with Gasteiger partial charge in [0.25, 0.3) is 0 Å². The van der Waals surface area contributed by atoms with Crippen LogP contribution in [-0.2, 0) is 9.53 Å². The van der Waals surface area contributed by atoms with Crippen LogP contribution < -0.4 is 5.73 Å². The number of aromatic nitrogens is 1. The van der Waals surface area contributed by atoms with Crippen molar-refractivity contribution in [2.24, 2.45) is 5.73 Å². The van der Waals surface area contributed by atoms with Crippen molar-refractivity contribution in [3.63, 3.8) is 0 Å². The Bertz CT molecular complexity index is 1150. The fraction of sp³-hybridized carbons (Fsp3) is 0.185. The number of nitrogens with two attached hydrogens (primary N) is 1. The smallest absolute Gasteiger partial charge is 0.246 e. The summed E-state index contributed by atoms with van der Waals surface area (Å²) in [5, 5.41) is 1.11. The van der Waals surface area contributed by atoms with E-state index in [-0.39, 0.29) is 6.10 Å². The Morgan fingerprint density at radius 1 is 0.903 bits per heavy atom. The van der Waals surface area contributed by atoms with Crippen molar-refractivity contribution < 1.29 is 9.53 Å². The summed E-state index contributed by atoms with van der Waals surface area (Å²) in [5.41, 5.74) is 10.7. The van der Waals surface area contributed by atoms with E-state index in [1.165, 1.54) is 0 Å². The molecule has 0 spiro atoms. The van der Waals surface area contributed by atoms with E-state index in [1.807, 2.05) is 55.6 Å². The summed E-state index contributed by atoms with van der Waals surface area (Å²) in [6.07, 6.45) is 2.24. The summed E-state index contributed by atoms with van der Waals surface area (Å²) >= 11 is 0. The van der Waals surface area contributed by atoms with E-state index < -0.39 is 12.0 Å². The molecule has 3 aromatic carbocycles. The zero-order chi connectivity index (χ0) is 21.6. The Morgan fingerprint density at radius 3 is 2.32 bits per heavy atom. The number of amides is 1. The topological polar surface area (TPSA) is 65.2 Å². The zero-order valence-corrected chi connectivity index (χ0v) is 17.6. The van der Waals surface area contributed by atoms with E-state index in [0.29, 0.717) is 6.42 Å². The minimum Gasteiger partial charge on any atom is -0.367 e. The molecule has 2 N–H and O–H groups in total. The standard InChI is InChI=1S/C27H26N2O2/c1-2-8-24(27(28)30)31-26(21-9-4-3-5-10-21)22-16-14-19(15-17-22)23-13-6-11-20-12-7-18-29-25(20)23/h3-7,9-18,24,26H,2,8H2,1H3,(H2,28,30). The Labute approximate surface area is 182 Å². The van der Waals surface area contributed by atoms with Crippen molar-refractivity contribution in [2.75, 3.05) is 0 Å². The molecule has 2 atom stereocenters. The van der Waals surface area contributed by atoms with Crippen LogP contribution in [0.5, 0.6) is 0 Å². The Kier molecular flexibility index (Phi) is 6.39. The summed E-state index contributed by atoms with van der Waals surface area (Å²) in [4.78, 5) is 16.5. The van der Waals surface area contributed by atoms with E-state index in [4.69, 9.17) is 10.5 Å². The van der Waals surface area contributed by atoms with Crippen molar-refractivity contribution >= 4 is 16.8 Å². The largest absolute Gasteiger partial charge is 0.367 e. The Morgan fingerprint density at radius 2 is 1.61 bits per heavy atom. The number of primary amides is 1. The second-order valence-corrected chi connectivity index (χ2v) is 7.61. The molecular weight excluding hydrogens is 384 g/mol. The van der Waals surface area contributed by atoms with E-state index in [2.05, 4.69) is 47.4 Å². The molecule has 0 aliphatic carbocycles. The monoisotopic (exact) mass is 410 g/mol. The maximum Gasteiger partial charge on any atom is 0.246 e. The minimum atomic E-state index is -0.628. The molecule has 0 bridgehead atoms. The lowest BCUT2D eigenvalue weighted by molar-refractivity contribution is -0.132. The molecule has 0 aliphatic rings. The quantitative estimate of drug-likeness (QED) is 0.407. The highest BCUT2D eigenvalue weighted by Gasteiger charge is 2.23. The summed E-state index contributed by atoms with van der Waals surface area (Å²) in [6.45, 7) is 2.02. The van der Waals surface area contributed by atoms with E-state index in [0.717, 1.165) is 39.6 Å². The van der Waals surface area contributed by atoms with Crippen LogP contribution in [0.4, 0.5) is 0 Å². The molecule has 156 valence electrons. The number of hydrogen-bond acceptors (Lipinski definition) is 3. The third kappa shape index (κ3) is 4.65. The van der Waals surface area contributed by atoms with Gasteiger partial charge in [-0.05, 0) is 29.2 Å². The van der Waals surface area contributed by atoms with Crippen molar-refractivity contribution in [3.05, 3.63) is 102 Å². The highest BCUT2D eigenvalue weighted by Crippen LogP contribution is 2.32. The molecule has 0 fully saturated rings. The number of pyridine rings is 1. The van der Waals surface area contributed by atoms with Crippen molar-refractivity contribution in [1.29, 1.82) is 0 Å². The van der Waals surface area contributed by atoms with Gasteiger partial charge in [-0.1, -0.05) is 92.2 Å². The number of hydrogen-bond donors (Lipinski definition) is 1. The number of nitrogens with zero attached hydrogens (tertiary/aromatic N) is 1. The number of fused-ring (bicyclic) bond motifs is 1. The molecule has 0 saturated heterocycles. The number of rotatable bonds is 8. The predicted octanol–water partition coefficient (Wildman–Crippen LogP) is 5.66. The van der Waals surface area contributed by atoms with Gasteiger partial charge in [0.15, 0.2) is 0 Å². The average molecular weight is 411 g/mol. The van der Waals surface area contributed by atoms with E-state index in [9.17, 15) is 4.79 Å². The second kappa shape index (κ2) is 9.54. The molecule has 2 unspecified atom stereocenters. The molecule has 1 heterocycles. The van der Waals surface area contributed by atoms with Crippen molar-refractivity contribution in [3.8, 4) is 11.1 Å². The Hall–Kier alpha value is -3.50. The van der Waals surface area contributed by atoms with E-state index >= 15 is 0 Å². The molecule has 4 rings (SSSR count). The lowest BCUT2D eigenvalue weighted by Gasteiger charge is -2.24. The first-order valence-corrected chi connectivity index (χ1v) is 10.6. The van der Waals surface area contributed by atoms with Gasteiger partial charge in [0.2, 0.25) is 5.91 Å². The van der Waals surface area contributed by atoms with Gasteiger partial charge in [0.05, 0.1) is 5.52 Å². The normalized spacial score (nSPS) is 13.1. The highest BCUT2D eigenvalue weighted by molar-refractivity contribution is 5.93. The molecule has 1 amide bonds. The van der Waals surface area contributed by atoms with Gasteiger partial charge in [0.1, 0.15) is 12.2 Å². The van der Waals surface area contributed by atoms with Crippen molar-refractivity contribution in [2.45, 2.75) is 32.0 Å². The molecule has 0 radical (unpaired) electrons. The lowest BCUT2D eigenvalue weighted by Crippen LogP contribution is -2.32. The number of ether oxygens (including phenoxy) is 1. The molecule has 0 aliphatic heterocycles. The third-order valence-electron chi connectivity index (χ3n) is 5.43. The summed E-state index contributed by atoms with van der Waals surface area (Å²) < 4.78 is 6.25. The summed E-state index contributed by atoms with van der Waals surface area (Å²) in [5.74, 6) is -0.429. The fourth-order valence-corrected chi connectivity index (χ4v) is 3.86. The average Bonchev–Trinajstić information content (AvgIpc) is 2.82. The first-order valence-electron chi connectivity index (χ1n) is 10.6. The zero-order valence-electron chi connectivity index (χ0n) is 17.6. The van der Waals surface area contributed by atoms with Gasteiger partial charge in [-0.2, -0.15) is 0 Å². The van der Waals surface area contributed by atoms with Crippen LogP contribution in [-0.4, -0.2) is 17.0 Å². The second-order valence-electron chi connectivity index (χ2n) is 7.61. The number of benzene rings is 3. The maximum atomic E-state index is 11.9. The van der Waals surface area contributed by atoms with Crippen LogP contribution in [0.1, 0.15) is 37.0 Å². The summed E-state index contributed by atoms with van der Waals surface area (Å²) in [6, 6.07) is 28.4. The number of carbonyl (C=O) groups is 1. The number of para-hydroxylation sites is 1. The Balaban J connectivity index is 1.70. The van der Waals surface area contributed by atoms with Crippen LogP contribution in [0, 0.1) is 0 Å². The highest BCUT2D eigenvalue weighted by atomic mass is 16.5. The molecule has 1 aromatic heterocycles. The fourth-order valence-electron chi connectivity index (χ4n) is 3.86. The van der Waals surface area contributed by atoms with Crippen LogP contribution in [0.2, 0.25) is 0 Å². The summed E-state index contributed by atoms with van der Waals surface area (Å²) in [7, 11) is 0. The van der Waals surface area contributed by atoms with E-state index in [1.54, 1.807) is 0 Å². The van der Waals surface area contributed by atoms with Gasteiger partial charge >= 0.3 is 0 Å². The molecule has 4 aromatic rings. The van der Waals surface area contributed by atoms with Gasteiger partial charge in [-0.3, -0.25) is 9.78 Å². The SMILES string of the molecule is CCCC(OC(c1ccccc1)c1ccc(-c2cccc3cccnc23)cc1)C(N)=O. The van der Waals surface area contributed by atoms with Crippen molar-refractivity contribution in [1.82, 2.24) is 4.98 Å². The molecule has 4 heteroatoms. The first kappa shape index (κ1) is 20.8. The number of carbonyl (C=O) groups excluding carboxylic acids is 1. The molecular formula is C27H26N2O2. The van der Waals surface area contributed by atoms with Crippen LogP contribution in [0.3, 0.4) is 0 Å². The molecule has 4 nitrogen and oxygen atoms in total. The molecule has 31 heavy (non-hydrogen) atoms. The third-order valence-corrected chi connectivity index (χ3v) is 5.43. The van der Waals surface area contributed by atoms with Gasteiger partial charge in [-0.15, -0.1) is 0 Å². The first-order chi connectivity index (χ1) is 15.2. The molecule has 0 saturated carbocycles. The van der Waals surface area contributed by atoms with Gasteiger partial charge in [0, 0.05) is 17.1 Å². The van der Waals surface area contributed by atoms with Crippen LogP contribution >= 0.6 is 0 Å². The van der Waals surface area contributed by atoms with Crippen LogP contribution in [0.25, 0.3) is 22.0 Å². The predicted molar refractivity (Wildman–Crippen MR) is 124 cm³/mol. The minimum absolute atomic E-state index is 0.370. The van der Waals surface area contributed by atoms with Gasteiger partial charge < -0.3 is 10.5 Å². The van der Waals surface area contributed by atoms with Crippen LogP contribution in [0.15, 0.2) is 91.1 Å². The lowest BCUT2D eigenvalue weighted by atomic mass is 9.96.